The van der Waals surface area contributed by atoms with Crippen LogP contribution < -0.4 is 4.74 Å². The summed E-state index contributed by atoms with van der Waals surface area (Å²) in [5, 5.41) is 0.984. The number of carbonyl (C=O) groups excluding carboxylic acids is 1. The maximum absolute atomic E-state index is 12.6. The minimum atomic E-state index is -0.163. The monoisotopic (exact) mass is 339 g/mol. The number of pyridine rings is 1. The van der Waals surface area contributed by atoms with E-state index in [1.54, 1.807) is 6.20 Å². The number of benzene rings is 1. The summed E-state index contributed by atoms with van der Waals surface area (Å²) >= 11 is 0. The van der Waals surface area contributed by atoms with Gasteiger partial charge in [0.2, 0.25) is 0 Å². The summed E-state index contributed by atoms with van der Waals surface area (Å²) in [7, 11) is 0. The molecule has 0 N–H and O–H groups in total. The van der Waals surface area contributed by atoms with E-state index in [0.29, 0.717) is 19.1 Å². The molecule has 0 bridgehead atoms. The van der Waals surface area contributed by atoms with Gasteiger partial charge in [0.05, 0.1) is 10.9 Å². The Morgan fingerprint density at radius 3 is 2.68 bits per heavy atom. The van der Waals surface area contributed by atoms with Crippen molar-refractivity contribution in [2.75, 3.05) is 13.2 Å². The summed E-state index contributed by atoms with van der Waals surface area (Å²) in [4.78, 5) is 16.9. The van der Waals surface area contributed by atoms with Crippen LogP contribution in [0.2, 0.25) is 0 Å². The first kappa shape index (κ1) is 16.4. The number of hydrogen-bond donors (Lipinski definition) is 0. The third-order valence-corrected chi connectivity index (χ3v) is 5.76. The van der Waals surface area contributed by atoms with Crippen LogP contribution in [-0.2, 0) is 9.53 Å². The van der Waals surface area contributed by atoms with Crippen LogP contribution in [0.15, 0.2) is 36.5 Å². The lowest BCUT2D eigenvalue weighted by Gasteiger charge is -2.28. The third kappa shape index (κ3) is 3.35. The quantitative estimate of drug-likeness (QED) is 0.573. The van der Waals surface area contributed by atoms with Crippen LogP contribution in [0.25, 0.3) is 10.9 Å². The molecule has 0 unspecified atom stereocenters. The van der Waals surface area contributed by atoms with Gasteiger partial charge in [0.15, 0.2) is 0 Å². The van der Waals surface area contributed by atoms with Crippen molar-refractivity contribution in [2.24, 2.45) is 11.3 Å². The lowest BCUT2D eigenvalue weighted by Crippen LogP contribution is -2.30. The Labute approximate surface area is 148 Å². The molecule has 132 valence electrons. The van der Waals surface area contributed by atoms with E-state index in [1.165, 1.54) is 32.1 Å². The molecule has 0 spiro atoms. The van der Waals surface area contributed by atoms with Gasteiger partial charge in [0.1, 0.15) is 19.0 Å². The number of esters is 1. The van der Waals surface area contributed by atoms with Crippen LogP contribution in [0, 0.1) is 11.3 Å². The second-order valence-corrected chi connectivity index (χ2v) is 7.30. The molecule has 4 nitrogen and oxygen atoms in total. The van der Waals surface area contributed by atoms with E-state index in [2.05, 4.69) is 4.98 Å². The minimum Gasteiger partial charge on any atom is -0.489 e. The fourth-order valence-corrected chi connectivity index (χ4v) is 4.19. The maximum atomic E-state index is 12.6. The third-order valence-electron chi connectivity index (χ3n) is 5.76. The molecule has 2 saturated carbocycles. The Kier molecular flexibility index (Phi) is 4.60. The van der Waals surface area contributed by atoms with Crippen molar-refractivity contribution >= 4 is 16.9 Å². The highest BCUT2D eigenvalue weighted by molar-refractivity contribution is 5.84. The molecule has 0 amide bonds. The number of aromatic nitrogens is 1. The first-order valence-corrected chi connectivity index (χ1v) is 9.43. The Morgan fingerprint density at radius 1 is 1.08 bits per heavy atom. The molecule has 0 saturated heterocycles. The molecule has 2 aromatic rings. The van der Waals surface area contributed by atoms with Crippen molar-refractivity contribution in [2.45, 2.75) is 44.9 Å². The molecular weight excluding hydrogens is 314 g/mol. The Hall–Kier alpha value is -2.10. The van der Waals surface area contributed by atoms with E-state index >= 15 is 0 Å². The summed E-state index contributed by atoms with van der Waals surface area (Å²) in [6, 6.07) is 9.74. The number of ether oxygens (including phenoxy) is 2. The van der Waals surface area contributed by atoms with Crippen LogP contribution in [0.1, 0.15) is 44.9 Å². The minimum absolute atomic E-state index is 0.00239. The van der Waals surface area contributed by atoms with Gasteiger partial charge in [0.25, 0.3) is 0 Å². The summed E-state index contributed by atoms with van der Waals surface area (Å²) in [6.45, 7) is 0.685. The predicted molar refractivity (Wildman–Crippen MR) is 96.4 cm³/mol. The Balaban J connectivity index is 1.30. The zero-order valence-corrected chi connectivity index (χ0v) is 14.6. The molecule has 0 atom stereocenters. The average molecular weight is 339 g/mol. The zero-order valence-electron chi connectivity index (χ0n) is 14.6. The molecule has 2 aliphatic carbocycles. The Bertz CT molecular complexity index is 742. The van der Waals surface area contributed by atoms with Gasteiger partial charge in [-0.15, -0.1) is 0 Å². The van der Waals surface area contributed by atoms with Gasteiger partial charge in [-0.05, 0) is 49.8 Å². The van der Waals surface area contributed by atoms with Crippen molar-refractivity contribution in [1.82, 2.24) is 4.98 Å². The molecule has 25 heavy (non-hydrogen) atoms. The second kappa shape index (κ2) is 7.03. The smallest absolute Gasteiger partial charge is 0.312 e. The highest BCUT2D eigenvalue weighted by Gasteiger charge is 2.56. The first-order chi connectivity index (χ1) is 12.3. The number of nitrogens with zero attached hydrogens (tertiary/aromatic N) is 1. The van der Waals surface area contributed by atoms with Crippen molar-refractivity contribution < 1.29 is 14.3 Å². The number of hydrogen-bond acceptors (Lipinski definition) is 4. The maximum Gasteiger partial charge on any atom is 0.312 e. The molecule has 4 rings (SSSR count). The standard InChI is InChI=1S/C21H25NO3/c23-20(21(11-12-21)16-6-2-1-3-7-16)25-15-14-24-19-10-13-22-18-9-5-4-8-17(18)19/h4-5,8-10,13,16H,1-3,6-7,11-12,14-15H2. The van der Waals surface area contributed by atoms with Crippen molar-refractivity contribution in [3.8, 4) is 5.75 Å². The lowest BCUT2D eigenvalue weighted by atomic mass is 9.78. The van der Waals surface area contributed by atoms with Gasteiger partial charge >= 0.3 is 5.97 Å². The van der Waals surface area contributed by atoms with E-state index < -0.39 is 0 Å². The molecule has 2 aliphatic rings. The normalized spacial score (nSPS) is 19.5. The largest absolute Gasteiger partial charge is 0.489 e. The summed E-state index contributed by atoms with van der Waals surface area (Å²) < 4.78 is 11.4. The molecule has 4 heteroatoms. The van der Waals surface area contributed by atoms with Gasteiger partial charge in [-0.25, -0.2) is 0 Å². The number of para-hydroxylation sites is 1. The topological polar surface area (TPSA) is 48.4 Å². The van der Waals surface area contributed by atoms with Crippen LogP contribution in [-0.4, -0.2) is 24.2 Å². The molecule has 0 radical (unpaired) electrons. The predicted octanol–water partition coefficient (Wildman–Crippen LogP) is 4.52. The summed E-state index contributed by atoms with van der Waals surface area (Å²) in [6.07, 6.45) is 9.97. The van der Waals surface area contributed by atoms with Gasteiger partial charge in [-0.1, -0.05) is 31.4 Å². The van der Waals surface area contributed by atoms with Crippen molar-refractivity contribution in [3.63, 3.8) is 0 Å². The van der Waals surface area contributed by atoms with Crippen LogP contribution in [0.4, 0.5) is 0 Å². The van der Waals surface area contributed by atoms with E-state index in [9.17, 15) is 4.79 Å². The highest BCUT2D eigenvalue weighted by Crippen LogP contribution is 2.57. The van der Waals surface area contributed by atoms with E-state index in [1.807, 2.05) is 30.3 Å². The first-order valence-electron chi connectivity index (χ1n) is 9.43. The average Bonchev–Trinajstić information content (AvgIpc) is 3.48. The van der Waals surface area contributed by atoms with E-state index in [0.717, 1.165) is 29.5 Å². The molecule has 0 aliphatic heterocycles. The van der Waals surface area contributed by atoms with E-state index in [-0.39, 0.29) is 11.4 Å². The number of fused-ring (bicyclic) bond motifs is 1. The number of rotatable bonds is 6. The Morgan fingerprint density at radius 2 is 1.88 bits per heavy atom. The van der Waals surface area contributed by atoms with Gasteiger partial charge in [0, 0.05) is 11.6 Å². The van der Waals surface area contributed by atoms with Crippen LogP contribution in [0.3, 0.4) is 0 Å². The van der Waals surface area contributed by atoms with Gasteiger partial charge in [-0.2, -0.15) is 0 Å². The van der Waals surface area contributed by atoms with Crippen molar-refractivity contribution in [3.05, 3.63) is 36.5 Å². The molecule has 2 fully saturated rings. The molecular formula is C21H25NO3. The van der Waals surface area contributed by atoms with Crippen LogP contribution >= 0.6 is 0 Å². The molecule has 1 aromatic carbocycles. The summed E-state index contributed by atoms with van der Waals surface area (Å²) in [5.41, 5.74) is 0.746. The SMILES string of the molecule is O=C(OCCOc1ccnc2ccccc12)C1(C2CCCCC2)CC1. The summed E-state index contributed by atoms with van der Waals surface area (Å²) in [5.74, 6) is 1.33. The lowest BCUT2D eigenvalue weighted by molar-refractivity contribution is -0.154. The fraction of sp³-hybridized carbons (Fsp3) is 0.524. The highest BCUT2D eigenvalue weighted by atomic mass is 16.6. The van der Waals surface area contributed by atoms with E-state index in [4.69, 9.17) is 9.47 Å². The second-order valence-electron chi connectivity index (χ2n) is 7.30. The zero-order chi connectivity index (χ0) is 17.1. The number of carbonyl (C=O) groups is 1. The van der Waals surface area contributed by atoms with Crippen molar-refractivity contribution in [1.29, 1.82) is 0 Å². The fourth-order valence-electron chi connectivity index (χ4n) is 4.19. The molecule has 1 heterocycles. The van der Waals surface area contributed by atoms with Gasteiger partial charge < -0.3 is 9.47 Å². The van der Waals surface area contributed by atoms with Gasteiger partial charge in [-0.3, -0.25) is 9.78 Å². The molecule has 1 aromatic heterocycles. The van der Waals surface area contributed by atoms with Crippen LogP contribution in [0.5, 0.6) is 5.75 Å².